The van der Waals surface area contributed by atoms with E-state index in [2.05, 4.69) is 49.5 Å². The number of aryl methyl sites for hydroxylation is 1. The number of nitrogens with zero attached hydrogens (tertiary/aromatic N) is 3. The fourth-order valence-corrected chi connectivity index (χ4v) is 3.95. The average molecular weight is 450 g/mol. The summed E-state index contributed by atoms with van der Waals surface area (Å²) >= 11 is 0. The average Bonchev–Trinajstić information content (AvgIpc) is 2.87. The van der Waals surface area contributed by atoms with Crippen LogP contribution < -0.4 is 15.4 Å². The Hall–Kier alpha value is -3.92. The molecule has 5 rings (SSSR count). The third-order valence-electron chi connectivity index (χ3n) is 5.79. The lowest BCUT2D eigenvalue weighted by atomic mass is 10.1. The molecule has 0 bridgehead atoms. The van der Waals surface area contributed by atoms with Crippen LogP contribution in [-0.2, 0) is 0 Å². The quantitative estimate of drug-likeness (QED) is 0.430. The molecule has 0 spiro atoms. The van der Waals surface area contributed by atoms with Crippen molar-refractivity contribution in [2.24, 2.45) is 0 Å². The van der Waals surface area contributed by atoms with Gasteiger partial charge < -0.3 is 15.4 Å². The van der Waals surface area contributed by atoms with E-state index in [9.17, 15) is 0 Å². The molecule has 0 atom stereocenters. The normalized spacial score (nSPS) is 13.8. The maximum absolute atomic E-state index is 6.01. The number of benzene rings is 3. The monoisotopic (exact) mass is 449 g/mol. The van der Waals surface area contributed by atoms with Crippen LogP contribution in [0.4, 0.5) is 11.5 Å². The highest BCUT2D eigenvalue weighted by molar-refractivity contribution is 5.91. The van der Waals surface area contributed by atoms with Gasteiger partial charge in [-0.05, 0) is 61.0 Å². The van der Waals surface area contributed by atoms with E-state index < -0.39 is 0 Å². The lowest BCUT2D eigenvalue weighted by Gasteiger charge is -2.24. The summed E-state index contributed by atoms with van der Waals surface area (Å²) in [6.45, 7) is 6.97. The summed E-state index contributed by atoms with van der Waals surface area (Å²) in [5.41, 5.74) is 3.81. The number of nitrogens with one attached hydrogen (secondary N) is 2. The second-order valence-corrected chi connectivity index (χ2v) is 8.30. The Balaban J connectivity index is 1.34. The number of aromatic nitrogens is 2. The molecule has 0 aliphatic carbocycles. The molecule has 0 unspecified atom stereocenters. The summed E-state index contributed by atoms with van der Waals surface area (Å²) in [5, 5.41) is 7.76. The molecule has 2 heterocycles. The molecule has 170 valence electrons. The van der Waals surface area contributed by atoms with Gasteiger partial charge in [0, 0.05) is 42.8 Å². The third kappa shape index (κ3) is 5.34. The minimum atomic E-state index is 0.756. The first-order valence-corrected chi connectivity index (χ1v) is 11.5. The highest BCUT2D eigenvalue weighted by Gasteiger charge is 2.09. The standard InChI is InChI=1S/C28H27N5O/c1-21-18-23(10-12-27(21)34-24-7-3-2-4-8-24)32-28-25-19-22(9-11-26(25)30-20-31-28)6-5-15-33-16-13-29-14-17-33/h2-4,7-12,18-20,29H,13-17H2,1H3,(H,30,31,32). The lowest BCUT2D eigenvalue weighted by Crippen LogP contribution is -2.43. The summed E-state index contributed by atoms with van der Waals surface area (Å²) in [7, 11) is 0. The number of piperazine rings is 1. The minimum absolute atomic E-state index is 0.756. The summed E-state index contributed by atoms with van der Waals surface area (Å²) in [6, 6.07) is 21.9. The van der Waals surface area contributed by atoms with E-state index in [1.165, 1.54) is 0 Å². The van der Waals surface area contributed by atoms with Gasteiger partial charge in [-0.2, -0.15) is 0 Å². The van der Waals surface area contributed by atoms with Crippen molar-refractivity contribution in [1.82, 2.24) is 20.2 Å². The van der Waals surface area contributed by atoms with Crippen LogP contribution in [-0.4, -0.2) is 47.6 Å². The largest absolute Gasteiger partial charge is 0.457 e. The number of fused-ring (bicyclic) bond motifs is 1. The van der Waals surface area contributed by atoms with Crippen LogP contribution in [0.1, 0.15) is 11.1 Å². The predicted octanol–water partition coefficient (Wildman–Crippen LogP) is 4.73. The van der Waals surface area contributed by atoms with Crippen molar-refractivity contribution in [2.75, 3.05) is 38.0 Å². The Kier molecular flexibility index (Phi) is 6.66. The zero-order valence-corrected chi connectivity index (χ0v) is 19.2. The van der Waals surface area contributed by atoms with E-state index >= 15 is 0 Å². The highest BCUT2D eigenvalue weighted by atomic mass is 16.5. The van der Waals surface area contributed by atoms with Crippen molar-refractivity contribution < 1.29 is 4.74 Å². The van der Waals surface area contributed by atoms with Crippen molar-refractivity contribution in [3.8, 4) is 23.3 Å². The molecule has 0 radical (unpaired) electrons. The highest BCUT2D eigenvalue weighted by Crippen LogP contribution is 2.29. The van der Waals surface area contributed by atoms with Gasteiger partial charge in [0.25, 0.3) is 0 Å². The second-order valence-electron chi connectivity index (χ2n) is 8.30. The molecule has 1 aromatic heterocycles. The fraction of sp³-hybridized carbons (Fsp3) is 0.214. The smallest absolute Gasteiger partial charge is 0.141 e. The number of ether oxygens (including phenoxy) is 1. The zero-order chi connectivity index (χ0) is 23.2. The molecule has 0 amide bonds. The van der Waals surface area contributed by atoms with Gasteiger partial charge in [-0.1, -0.05) is 30.0 Å². The number of para-hydroxylation sites is 1. The molecule has 1 saturated heterocycles. The molecular formula is C28H27N5O. The maximum Gasteiger partial charge on any atom is 0.141 e. The van der Waals surface area contributed by atoms with Gasteiger partial charge in [-0.25, -0.2) is 9.97 Å². The molecule has 6 heteroatoms. The molecule has 6 nitrogen and oxygen atoms in total. The fourth-order valence-electron chi connectivity index (χ4n) is 3.95. The minimum Gasteiger partial charge on any atom is -0.457 e. The van der Waals surface area contributed by atoms with E-state index in [1.54, 1.807) is 6.33 Å². The first kappa shape index (κ1) is 21.9. The predicted molar refractivity (Wildman–Crippen MR) is 137 cm³/mol. The van der Waals surface area contributed by atoms with Crippen LogP contribution in [0, 0.1) is 18.8 Å². The number of rotatable bonds is 5. The van der Waals surface area contributed by atoms with Gasteiger partial charge >= 0.3 is 0 Å². The lowest BCUT2D eigenvalue weighted by molar-refractivity contribution is 0.268. The van der Waals surface area contributed by atoms with E-state index in [-0.39, 0.29) is 0 Å². The summed E-state index contributed by atoms with van der Waals surface area (Å²) < 4.78 is 6.01. The zero-order valence-electron chi connectivity index (χ0n) is 19.2. The molecule has 2 N–H and O–H groups in total. The van der Waals surface area contributed by atoms with Gasteiger partial charge in [-0.15, -0.1) is 0 Å². The van der Waals surface area contributed by atoms with Gasteiger partial charge in [0.1, 0.15) is 23.6 Å². The summed E-state index contributed by atoms with van der Waals surface area (Å²) in [4.78, 5) is 11.3. The van der Waals surface area contributed by atoms with E-state index in [1.807, 2.05) is 61.5 Å². The van der Waals surface area contributed by atoms with Crippen LogP contribution >= 0.6 is 0 Å². The van der Waals surface area contributed by atoms with Crippen molar-refractivity contribution in [2.45, 2.75) is 6.92 Å². The first-order chi connectivity index (χ1) is 16.7. The van der Waals surface area contributed by atoms with Crippen LogP contribution in [0.5, 0.6) is 11.5 Å². The third-order valence-corrected chi connectivity index (χ3v) is 5.79. The first-order valence-electron chi connectivity index (χ1n) is 11.5. The van der Waals surface area contributed by atoms with Crippen molar-refractivity contribution in [1.29, 1.82) is 0 Å². The van der Waals surface area contributed by atoms with E-state index in [0.717, 1.165) is 77.8 Å². The SMILES string of the molecule is Cc1cc(Nc2ncnc3ccc(C#CCN4CCNCC4)cc23)ccc1Oc1ccccc1. The molecule has 4 aromatic rings. The van der Waals surface area contributed by atoms with Gasteiger partial charge in [0.2, 0.25) is 0 Å². The van der Waals surface area contributed by atoms with Crippen LogP contribution in [0.25, 0.3) is 10.9 Å². The molecule has 34 heavy (non-hydrogen) atoms. The Labute approximate surface area is 200 Å². The Morgan fingerprint density at radius 2 is 1.85 bits per heavy atom. The van der Waals surface area contributed by atoms with E-state index in [4.69, 9.17) is 4.74 Å². The molecule has 3 aromatic carbocycles. The van der Waals surface area contributed by atoms with Gasteiger partial charge in [-0.3, -0.25) is 4.90 Å². The molecule has 1 aliphatic heterocycles. The Morgan fingerprint density at radius 3 is 2.68 bits per heavy atom. The molecular weight excluding hydrogens is 422 g/mol. The van der Waals surface area contributed by atoms with Crippen molar-refractivity contribution in [3.05, 3.63) is 84.2 Å². The molecule has 0 saturated carbocycles. The number of hydrogen-bond donors (Lipinski definition) is 2. The van der Waals surface area contributed by atoms with Crippen molar-refractivity contribution in [3.63, 3.8) is 0 Å². The second kappa shape index (κ2) is 10.3. The Morgan fingerprint density at radius 1 is 1.00 bits per heavy atom. The maximum atomic E-state index is 6.01. The van der Waals surface area contributed by atoms with Gasteiger partial charge in [0.05, 0.1) is 12.1 Å². The molecule has 1 aliphatic rings. The summed E-state index contributed by atoms with van der Waals surface area (Å²) in [6.07, 6.45) is 1.58. The summed E-state index contributed by atoms with van der Waals surface area (Å²) in [5.74, 6) is 9.01. The van der Waals surface area contributed by atoms with Crippen LogP contribution in [0.15, 0.2) is 73.1 Å². The van der Waals surface area contributed by atoms with Crippen LogP contribution in [0.3, 0.4) is 0 Å². The van der Waals surface area contributed by atoms with Crippen molar-refractivity contribution >= 4 is 22.4 Å². The topological polar surface area (TPSA) is 62.3 Å². The molecule has 1 fully saturated rings. The number of hydrogen-bond acceptors (Lipinski definition) is 6. The van der Waals surface area contributed by atoms with Crippen LogP contribution in [0.2, 0.25) is 0 Å². The number of anilines is 2. The Bertz CT molecular complexity index is 1340. The van der Waals surface area contributed by atoms with Gasteiger partial charge in [0.15, 0.2) is 0 Å². The van der Waals surface area contributed by atoms with E-state index in [0.29, 0.717) is 0 Å².